The third kappa shape index (κ3) is 2.85. The number of nitrogens with zero attached hydrogens (tertiary/aromatic N) is 4. The molecule has 3 rings (SSSR count). The third-order valence-corrected chi connectivity index (χ3v) is 5.83. The fourth-order valence-electron chi connectivity index (χ4n) is 2.39. The van der Waals surface area contributed by atoms with Crippen molar-refractivity contribution in [1.82, 2.24) is 18.7 Å². The second kappa shape index (κ2) is 6.21. The van der Waals surface area contributed by atoms with E-state index in [-0.39, 0.29) is 11.1 Å². The van der Waals surface area contributed by atoms with Crippen LogP contribution in [0.5, 0.6) is 5.75 Å². The first-order valence-electron chi connectivity index (χ1n) is 7.34. The second-order valence-electron chi connectivity index (χ2n) is 5.39. The van der Waals surface area contributed by atoms with Gasteiger partial charge in [0, 0.05) is 31.7 Å². The molecule has 8 heteroatoms. The number of hydrogen-bond donors (Lipinski definition) is 0. The maximum Gasteiger partial charge on any atom is 0.262 e. The Bertz CT molecular complexity index is 918. The molecule has 0 N–H and O–H groups in total. The first-order valence-corrected chi connectivity index (χ1v) is 8.78. The Balaban J connectivity index is 1.92. The molecular weight excluding hydrogens is 328 g/mol. The van der Waals surface area contributed by atoms with Gasteiger partial charge in [0.15, 0.2) is 10.7 Å². The maximum absolute atomic E-state index is 12.8. The molecule has 2 heterocycles. The quantitative estimate of drug-likeness (QED) is 0.707. The lowest BCUT2D eigenvalue weighted by Gasteiger charge is -2.23. The molecule has 0 unspecified atom stereocenters. The summed E-state index contributed by atoms with van der Waals surface area (Å²) in [4.78, 5) is 8.11. The molecule has 0 fully saturated rings. The number of fused-ring (bicyclic) bond motifs is 1. The molecule has 0 aliphatic rings. The highest BCUT2D eigenvalue weighted by molar-refractivity contribution is 7.89. The zero-order chi connectivity index (χ0) is 17.3. The minimum absolute atomic E-state index is 0.00152. The summed E-state index contributed by atoms with van der Waals surface area (Å²) in [7, 11) is -0.583. The van der Waals surface area contributed by atoms with E-state index in [1.807, 2.05) is 31.2 Å². The monoisotopic (exact) mass is 346 g/mol. The van der Waals surface area contributed by atoms with E-state index in [1.165, 1.54) is 16.7 Å². The number of benzene rings is 1. The first kappa shape index (κ1) is 16.4. The fraction of sp³-hybridized carbons (Fsp3) is 0.250. The predicted octanol–water partition coefficient (Wildman–Crippen LogP) is 2.12. The highest BCUT2D eigenvalue weighted by atomic mass is 32.2. The molecule has 1 atom stereocenters. The second-order valence-corrected chi connectivity index (χ2v) is 7.34. The Labute approximate surface area is 140 Å². The molecule has 1 aromatic carbocycles. The van der Waals surface area contributed by atoms with Gasteiger partial charge in [0.1, 0.15) is 5.75 Å². The molecule has 126 valence electrons. The lowest BCUT2D eigenvalue weighted by Crippen LogP contribution is -2.30. The van der Waals surface area contributed by atoms with E-state index in [4.69, 9.17) is 4.74 Å². The van der Waals surface area contributed by atoms with Gasteiger partial charge in [-0.3, -0.25) is 4.98 Å². The highest BCUT2D eigenvalue weighted by Gasteiger charge is 2.28. The number of imidazole rings is 1. The molecule has 0 saturated carbocycles. The summed E-state index contributed by atoms with van der Waals surface area (Å²) in [6, 6.07) is 6.97. The van der Waals surface area contributed by atoms with Crippen LogP contribution in [0.3, 0.4) is 0 Å². The van der Waals surface area contributed by atoms with Gasteiger partial charge in [-0.1, -0.05) is 12.1 Å². The number of ether oxygens (including phenoxy) is 1. The minimum atomic E-state index is -3.72. The average Bonchev–Trinajstić information content (AvgIpc) is 3.05. The van der Waals surface area contributed by atoms with Crippen molar-refractivity contribution in [3.8, 4) is 5.75 Å². The van der Waals surface area contributed by atoms with Crippen LogP contribution in [0.2, 0.25) is 0 Å². The molecule has 0 aliphatic heterocycles. The van der Waals surface area contributed by atoms with Crippen molar-refractivity contribution in [3.63, 3.8) is 0 Å². The summed E-state index contributed by atoms with van der Waals surface area (Å²) in [6.07, 6.45) is 6.25. The summed E-state index contributed by atoms with van der Waals surface area (Å²) < 4.78 is 33.8. The van der Waals surface area contributed by atoms with Crippen molar-refractivity contribution in [2.75, 3.05) is 14.2 Å². The maximum atomic E-state index is 12.8. The predicted molar refractivity (Wildman–Crippen MR) is 89.3 cm³/mol. The Morgan fingerprint density at radius 1 is 1.25 bits per heavy atom. The third-order valence-electron chi connectivity index (χ3n) is 4.03. The van der Waals surface area contributed by atoms with Gasteiger partial charge in [-0.15, -0.1) is 0 Å². The van der Waals surface area contributed by atoms with Crippen molar-refractivity contribution in [2.24, 2.45) is 0 Å². The number of sulfonamides is 1. The number of aromatic nitrogens is 3. The highest BCUT2D eigenvalue weighted by Crippen LogP contribution is 2.26. The van der Waals surface area contributed by atoms with Crippen molar-refractivity contribution >= 4 is 15.7 Å². The molecule has 7 nitrogen and oxygen atoms in total. The van der Waals surface area contributed by atoms with E-state index in [1.54, 1.807) is 31.0 Å². The van der Waals surface area contributed by atoms with Gasteiger partial charge in [-0.05, 0) is 24.6 Å². The van der Waals surface area contributed by atoms with E-state index in [0.717, 1.165) is 11.3 Å². The number of methoxy groups -OCH3 is 1. The van der Waals surface area contributed by atoms with Crippen LogP contribution in [0.1, 0.15) is 18.5 Å². The standard InChI is InChI=1S/C16H18N4O3S/c1-12(13-4-6-14(23-3)7-5-13)19(2)24(21,22)16-11-20-9-8-17-10-15(20)18-16/h4-12H,1-3H3/t12-/m0/s1. The lowest BCUT2D eigenvalue weighted by atomic mass is 10.1. The van der Waals surface area contributed by atoms with E-state index < -0.39 is 10.0 Å². The molecule has 0 bridgehead atoms. The van der Waals surface area contributed by atoms with Crippen LogP contribution in [0.15, 0.2) is 54.1 Å². The van der Waals surface area contributed by atoms with Crippen LogP contribution in [-0.2, 0) is 10.0 Å². The summed E-state index contributed by atoms with van der Waals surface area (Å²) in [5.74, 6) is 0.726. The smallest absolute Gasteiger partial charge is 0.262 e. The van der Waals surface area contributed by atoms with Crippen LogP contribution >= 0.6 is 0 Å². The molecule has 0 spiro atoms. The molecule has 0 radical (unpaired) electrons. The Morgan fingerprint density at radius 3 is 2.58 bits per heavy atom. The topological polar surface area (TPSA) is 76.8 Å². The van der Waals surface area contributed by atoms with Crippen LogP contribution in [0, 0.1) is 0 Å². The normalized spacial score (nSPS) is 13.3. The van der Waals surface area contributed by atoms with Crippen LogP contribution in [0.25, 0.3) is 5.65 Å². The van der Waals surface area contributed by atoms with Crippen molar-refractivity contribution in [2.45, 2.75) is 18.0 Å². The van der Waals surface area contributed by atoms with Gasteiger partial charge in [0.2, 0.25) is 0 Å². The summed E-state index contributed by atoms with van der Waals surface area (Å²) in [5.41, 5.74) is 1.36. The Hall–Kier alpha value is -2.45. The van der Waals surface area contributed by atoms with E-state index in [0.29, 0.717) is 5.65 Å². The zero-order valence-corrected chi connectivity index (χ0v) is 14.4. The van der Waals surface area contributed by atoms with Crippen molar-refractivity contribution in [3.05, 3.63) is 54.6 Å². The summed E-state index contributed by atoms with van der Waals surface area (Å²) in [5, 5.41) is -0.00152. The van der Waals surface area contributed by atoms with E-state index in [9.17, 15) is 8.42 Å². The number of rotatable bonds is 5. The first-order chi connectivity index (χ1) is 11.4. The summed E-state index contributed by atoms with van der Waals surface area (Å²) in [6.45, 7) is 1.83. The van der Waals surface area contributed by atoms with Gasteiger partial charge in [-0.2, -0.15) is 4.31 Å². The summed E-state index contributed by atoms with van der Waals surface area (Å²) >= 11 is 0. The fourth-order valence-corrected chi connectivity index (χ4v) is 3.68. The van der Waals surface area contributed by atoms with Crippen molar-refractivity contribution < 1.29 is 13.2 Å². The molecule has 0 amide bonds. The van der Waals surface area contributed by atoms with Crippen molar-refractivity contribution in [1.29, 1.82) is 0 Å². The van der Waals surface area contributed by atoms with Gasteiger partial charge in [0.05, 0.1) is 13.3 Å². The SMILES string of the molecule is COc1ccc([C@H](C)N(C)S(=O)(=O)c2cn3ccncc3n2)cc1. The van der Waals surface area contributed by atoms with Crippen LogP contribution < -0.4 is 4.74 Å². The lowest BCUT2D eigenvalue weighted by molar-refractivity contribution is 0.394. The Kier molecular flexibility index (Phi) is 4.25. The van der Waals surface area contributed by atoms with E-state index in [2.05, 4.69) is 9.97 Å². The minimum Gasteiger partial charge on any atom is -0.497 e. The van der Waals surface area contributed by atoms with Gasteiger partial charge >= 0.3 is 0 Å². The Morgan fingerprint density at radius 2 is 1.96 bits per heavy atom. The zero-order valence-electron chi connectivity index (χ0n) is 13.6. The molecule has 0 saturated heterocycles. The molecule has 3 aromatic rings. The van der Waals surface area contributed by atoms with Gasteiger partial charge in [0.25, 0.3) is 10.0 Å². The van der Waals surface area contributed by atoms with Crippen LogP contribution in [0.4, 0.5) is 0 Å². The number of hydrogen-bond acceptors (Lipinski definition) is 5. The van der Waals surface area contributed by atoms with E-state index >= 15 is 0 Å². The van der Waals surface area contributed by atoms with Gasteiger partial charge in [-0.25, -0.2) is 13.4 Å². The van der Waals surface area contributed by atoms with Gasteiger partial charge < -0.3 is 9.14 Å². The average molecular weight is 346 g/mol. The molecule has 24 heavy (non-hydrogen) atoms. The molecule has 0 aliphatic carbocycles. The molecule has 2 aromatic heterocycles. The largest absolute Gasteiger partial charge is 0.497 e. The molecular formula is C16H18N4O3S. The van der Waals surface area contributed by atoms with Crippen LogP contribution in [-0.4, -0.2) is 41.2 Å².